The zero-order valence-corrected chi connectivity index (χ0v) is 8.82. The quantitative estimate of drug-likeness (QED) is 0.715. The molecule has 1 rings (SSSR count). The van der Waals surface area contributed by atoms with Crippen LogP contribution in [-0.4, -0.2) is 15.3 Å². The van der Waals surface area contributed by atoms with Gasteiger partial charge in [-0.1, -0.05) is 6.92 Å². The van der Waals surface area contributed by atoms with Crippen molar-refractivity contribution in [1.82, 2.24) is 9.55 Å². The van der Waals surface area contributed by atoms with Crippen molar-refractivity contribution < 1.29 is 0 Å². The molecule has 0 bridgehead atoms. The molecule has 0 spiro atoms. The Labute approximate surface area is 78.4 Å². The second-order valence-electron chi connectivity index (χ2n) is 2.70. The van der Waals surface area contributed by atoms with Crippen LogP contribution < -0.4 is 0 Å². The number of imidazole rings is 1. The third-order valence-electron chi connectivity index (χ3n) is 1.82. The molecule has 3 heteroatoms. The van der Waals surface area contributed by atoms with Crippen molar-refractivity contribution in [2.45, 2.75) is 33.1 Å². The molecular formula is C9H16N2S. The van der Waals surface area contributed by atoms with Crippen LogP contribution in [0, 0.1) is 6.92 Å². The number of hydrogen-bond acceptors (Lipinski definition) is 2. The fourth-order valence-electron chi connectivity index (χ4n) is 1.17. The van der Waals surface area contributed by atoms with Gasteiger partial charge in [0, 0.05) is 18.5 Å². The Bertz CT molecular complexity index is 243. The zero-order valence-electron chi connectivity index (χ0n) is 8.00. The highest BCUT2D eigenvalue weighted by Crippen LogP contribution is 2.11. The van der Waals surface area contributed by atoms with E-state index in [4.69, 9.17) is 0 Å². The van der Waals surface area contributed by atoms with Crippen LogP contribution in [0.3, 0.4) is 0 Å². The SMILES string of the molecule is CCSCc1cn(CC)c(C)n1. The molecule has 1 aromatic rings. The van der Waals surface area contributed by atoms with Crippen LogP contribution in [0.25, 0.3) is 0 Å². The van der Waals surface area contributed by atoms with E-state index in [9.17, 15) is 0 Å². The second kappa shape index (κ2) is 4.55. The van der Waals surface area contributed by atoms with Crippen LogP contribution in [-0.2, 0) is 12.3 Å². The van der Waals surface area contributed by atoms with Crippen LogP contribution in [0.1, 0.15) is 25.4 Å². The van der Waals surface area contributed by atoms with Crippen LogP contribution >= 0.6 is 11.8 Å². The van der Waals surface area contributed by atoms with Gasteiger partial charge in [0.15, 0.2) is 0 Å². The monoisotopic (exact) mass is 184 g/mol. The number of hydrogen-bond donors (Lipinski definition) is 0. The Kier molecular flexibility index (Phi) is 3.66. The van der Waals surface area contributed by atoms with Gasteiger partial charge in [-0.15, -0.1) is 0 Å². The van der Waals surface area contributed by atoms with Crippen LogP contribution in [0.15, 0.2) is 6.20 Å². The van der Waals surface area contributed by atoms with E-state index in [-0.39, 0.29) is 0 Å². The Hall–Kier alpha value is -0.440. The molecular weight excluding hydrogens is 168 g/mol. The topological polar surface area (TPSA) is 17.8 Å². The summed E-state index contributed by atoms with van der Waals surface area (Å²) in [4.78, 5) is 4.46. The standard InChI is InChI=1S/C9H16N2S/c1-4-11-6-9(7-12-5-2)10-8(11)3/h6H,4-5,7H2,1-3H3. The minimum atomic E-state index is 1.02. The van der Waals surface area contributed by atoms with Crippen molar-refractivity contribution in [3.63, 3.8) is 0 Å². The average Bonchev–Trinajstić information content (AvgIpc) is 2.43. The lowest BCUT2D eigenvalue weighted by Gasteiger charge is -1.95. The molecule has 0 amide bonds. The van der Waals surface area contributed by atoms with Crippen molar-refractivity contribution in [2.24, 2.45) is 0 Å². The van der Waals surface area contributed by atoms with Gasteiger partial charge in [-0.05, 0) is 19.6 Å². The highest BCUT2D eigenvalue weighted by molar-refractivity contribution is 7.98. The molecule has 0 fully saturated rings. The van der Waals surface area contributed by atoms with E-state index in [0.717, 1.165) is 23.9 Å². The largest absolute Gasteiger partial charge is 0.335 e. The van der Waals surface area contributed by atoms with E-state index < -0.39 is 0 Å². The van der Waals surface area contributed by atoms with E-state index in [1.807, 2.05) is 11.8 Å². The van der Waals surface area contributed by atoms with Crippen LogP contribution in [0.2, 0.25) is 0 Å². The van der Waals surface area contributed by atoms with Gasteiger partial charge in [0.2, 0.25) is 0 Å². The first-order valence-electron chi connectivity index (χ1n) is 4.38. The van der Waals surface area contributed by atoms with Crippen molar-refractivity contribution >= 4 is 11.8 Å². The van der Waals surface area contributed by atoms with Gasteiger partial charge in [0.05, 0.1) is 5.69 Å². The number of aromatic nitrogens is 2. The molecule has 0 N–H and O–H groups in total. The molecule has 1 heterocycles. The number of rotatable bonds is 4. The molecule has 0 aliphatic carbocycles. The fourth-order valence-corrected chi connectivity index (χ4v) is 1.72. The molecule has 12 heavy (non-hydrogen) atoms. The maximum atomic E-state index is 4.46. The molecule has 0 aliphatic heterocycles. The average molecular weight is 184 g/mol. The first-order chi connectivity index (χ1) is 5.77. The third kappa shape index (κ3) is 2.27. The molecule has 0 aliphatic rings. The van der Waals surface area contributed by atoms with Gasteiger partial charge >= 0.3 is 0 Å². The number of thioether (sulfide) groups is 1. The summed E-state index contributed by atoms with van der Waals surface area (Å²) in [6.07, 6.45) is 2.15. The summed E-state index contributed by atoms with van der Waals surface area (Å²) >= 11 is 1.92. The molecule has 0 saturated carbocycles. The van der Waals surface area contributed by atoms with Gasteiger partial charge in [-0.2, -0.15) is 11.8 Å². The molecule has 0 aromatic carbocycles. The molecule has 1 aromatic heterocycles. The minimum Gasteiger partial charge on any atom is -0.335 e. The summed E-state index contributed by atoms with van der Waals surface area (Å²) in [5.41, 5.74) is 1.21. The maximum absolute atomic E-state index is 4.46. The lowest BCUT2D eigenvalue weighted by atomic mass is 10.5. The maximum Gasteiger partial charge on any atom is 0.105 e. The lowest BCUT2D eigenvalue weighted by molar-refractivity contribution is 0.730. The van der Waals surface area contributed by atoms with E-state index in [1.165, 1.54) is 5.69 Å². The zero-order chi connectivity index (χ0) is 8.97. The molecule has 0 radical (unpaired) electrons. The van der Waals surface area contributed by atoms with Crippen LogP contribution in [0.4, 0.5) is 0 Å². The van der Waals surface area contributed by atoms with Gasteiger partial charge in [0.1, 0.15) is 5.82 Å². The predicted molar refractivity (Wildman–Crippen MR) is 54.5 cm³/mol. The summed E-state index contributed by atoms with van der Waals surface area (Å²) in [5.74, 6) is 3.34. The van der Waals surface area contributed by atoms with E-state index in [0.29, 0.717) is 0 Å². The van der Waals surface area contributed by atoms with Gasteiger partial charge < -0.3 is 4.57 Å². The molecule has 0 atom stereocenters. The Balaban J connectivity index is 2.62. The summed E-state index contributed by atoms with van der Waals surface area (Å²) < 4.78 is 2.19. The smallest absolute Gasteiger partial charge is 0.105 e. The second-order valence-corrected chi connectivity index (χ2v) is 3.98. The van der Waals surface area contributed by atoms with Gasteiger partial charge in [-0.25, -0.2) is 4.98 Å². The highest BCUT2D eigenvalue weighted by atomic mass is 32.2. The molecule has 68 valence electrons. The summed E-state index contributed by atoms with van der Waals surface area (Å²) in [6, 6.07) is 0. The third-order valence-corrected chi connectivity index (χ3v) is 2.73. The molecule has 2 nitrogen and oxygen atoms in total. The van der Waals surface area contributed by atoms with Gasteiger partial charge in [0.25, 0.3) is 0 Å². The number of nitrogens with zero attached hydrogens (tertiary/aromatic N) is 2. The van der Waals surface area contributed by atoms with Crippen molar-refractivity contribution in [1.29, 1.82) is 0 Å². The normalized spacial score (nSPS) is 10.6. The van der Waals surface area contributed by atoms with Crippen molar-refractivity contribution in [3.8, 4) is 0 Å². The van der Waals surface area contributed by atoms with E-state index >= 15 is 0 Å². The summed E-state index contributed by atoms with van der Waals surface area (Å²) in [5, 5.41) is 0. The Morgan fingerprint density at radius 3 is 2.75 bits per heavy atom. The number of aryl methyl sites for hydroxylation is 2. The van der Waals surface area contributed by atoms with E-state index in [1.54, 1.807) is 0 Å². The van der Waals surface area contributed by atoms with Crippen LogP contribution in [0.5, 0.6) is 0 Å². The molecule has 0 unspecified atom stereocenters. The Morgan fingerprint density at radius 2 is 2.25 bits per heavy atom. The molecule has 0 saturated heterocycles. The predicted octanol–water partition coefficient (Wildman–Crippen LogP) is 2.46. The summed E-state index contributed by atoms with van der Waals surface area (Å²) in [7, 11) is 0. The lowest BCUT2D eigenvalue weighted by Crippen LogP contribution is -1.93. The highest BCUT2D eigenvalue weighted by Gasteiger charge is 2.01. The fraction of sp³-hybridized carbons (Fsp3) is 0.667. The first-order valence-corrected chi connectivity index (χ1v) is 5.53. The first kappa shape index (κ1) is 9.65. The van der Waals surface area contributed by atoms with Gasteiger partial charge in [-0.3, -0.25) is 0 Å². The Morgan fingerprint density at radius 1 is 1.50 bits per heavy atom. The van der Waals surface area contributed by atoms with Crippen molar-refractivity contribution in [2.75, 3.05) is 5.75 Å². The van der Waals surface area contributed by atoms with E-state index in [2.05, 4.69) is 36.5 Å². The minimum absolute atomic E-state index is 1.02. The van der Waals surface area contributed by atoms with Crippen molar-refractivity contribution in [3.05, 3.63) is 17.7 Å². The summed E-state index contributed by atoms with van der Waals surface area (Å²) in [6.45, 7) is 7.40.